The van der Waals surface area contributed by atoms with Crippen LogP contribution in [0.5, 0.6) is 0 Å². The Balaban J connectivity index is 1.41. The van der Waals surface area contributed by atoms with Crippen LogP contribution < -0.4 is 4.90 Å². The SMILES string of the molecule is Cc1noc(C)c1C(=O)N1CCN(c2ccc(-c3noc(C(F)(F)F)n3)cn2)CC1. The van der Waals surface area contributed by atoms with Crippen molar-refractivity contribution in [2.75, 3.05) is 31.1 Å². The Bertz CT molecular complexity index is 1030. The Morgan fingerprint density at radius 3 is 2.33 bits per heavy atom. The fourth-order valence-electron chi connectivity index (χ4n) is 3.25. The van der Waals surface area contributed by atoms with Crippen LogP contribution in [0.15, 0.2) is 27.4 Å². The number of carbonyl (C=O) groups is 1. The van der Waals surface area contributed by atoms with Crippen molar-refractivity contribution in [1.82, 2.24) is 25.2 Å². The summed E-state index contributed by atoms with van der Waals surface area (Å²) in [5, 5.41) is 7.17. The Labute approximate surface area is 168 Å². The molecule has 30 heavy (non-hydrogen) atoms. The topological polar surface area (TPSA) is 101 Å². The number of pyridine rings is 1. The van der Waals surface area contributed by atoms with Crippen molar-refractivity contribution in [2.24, 2.45) is 0 Å². The number of hydrogen-bond donors (Lipinski definition) is 0. The maximum absolute atomic E-state index is 12.7. The first-order chi connectivity index (χ1) is 14.2. The minimum Gasteiger partial charge on any atom is -0.361 e. The number of aryl methyl sites for hydroxylation is 2. The molecule has 12 heteroatoms. The standard InChI is InChI=1S/C18H17F3N6O3/c1-10-14(11(2)29-24-10)16(28)27-7-5-26(6-8-27)13-4-3-12(9-22-13)15-23-17(30-25-15)18(19,20)21/h3-4,9H,5-8H2,1-2H3. The number of halogens is 3. The molecule has 0 aliphatic carbocycles. The second-order valence-corrected chi connectivity index (χ2v) is 6.80. The van der Waals surface area contributed by atoms with Gasteiger partial charge in [0.1, 0.15) is 17.1 Å². The zero-order chi connectivity index (χ0) is 21.5. The van der Waals surface area contributed by atoms with E-state index in [2.05, 4.69) is 24.8 Å². The summed E-state index contributed by atoms with van der Waals surface area (Å²) in [6, 6.07) is 3.25. The van der Waals surface area contributed by atoms with E-state index in [0.29, 0.717) is 54.6 Å². The quantitative estimate of drug-likeness (QED) is 0.635. The number of piperazine rings is 1. The average molecular weight is 422 g/mol. The van der Waals surface area contributed by atoms with E-state index < -0.39 is 12.1 Å². The Morgan fingerprint density at radius 2 is 1.80 bits per heavy atom. The predicted molar refractivity (Wildman–Crippen MR) is 96.6 cm³/mol. The summed E-state index contributed by atoms with van der Waals surface area (Å²) in [5.41, 5.74) is 1.36. The van der Waals surface area contributed by atoms with Gasteiger partial charge in [-0.05, 0) is 26.0 Å². The monoisotopic (exact) mass is 422 g/mol. The zero-order valence-electron chi connectivity index (χ0n) is 16.1. The maximum atomic E-state index is 12.7. The molecule has 0 aromatic carbocycles. The molecule has 0 atom stereocenters. The minimum atomic E-state index is -4.70. The maximum Gasteiger partial charge on any atom is 0.471 e. The lowest BCUT2D eigenvalue weighted by molar-refractivity contribution is -0.159. The number of rotatable bonds is 3. The summed E-state index contributed by atoms with van der Waals surface area (Å²) in [7, 11) is 0. The van der Waals surface area contributed by atoms with E-state index in [4.69, 9.17) is 4.52 Å². The highest BCUT2D eigenvalue weighted by Crippen LogP contribution is 2.29. The third kappa shape index (κ3) is 3.72. The lowest BCUT2D eigenvalue weighted by Crippen LogP contribution is -2.49. The van der Waals surface area contributed by atoms with Crippen LogP contribution in [0.2, 0.25) is 0 Å². The van der Waals surface area contributed by atoms with E-state index in [1.165, 1.54) is 6.20 Å². The van der Waals surface area contributed by atoms with Crippen LogP contribution in [0.25, 0.3) is 11.4 Å². The summed E-state index contributed by atoms with van der Waals surface area (Å²) in [5.74, 6) is -0.571. The Morgan fingerprint density at radius 1 is 1.07 bits per heavy atom. The van der Waals surface area contributed by atoms with Gasteiger partial charge in [-0.2, -0.15) is 18.2 Å². The molecule has 0 spiro atoms. The molecule has 0 saturated carbocycles. The molecular formula is C18H17F3N6O3. The van der Waals surface area contributed by atoms with Gasteiger partial charge in [0.25, 0.3) is 5.91 Å². The van der Waals surface area contributed by atoms with E-state index in [1.54, 1.807) is 30.9 Å². The second kappa shape index (κ2) is 7.43. The van der Waals surface area contributed by atoms with Gasteiger partial charge < -0.3 is 18.8 Å². The number of alkyl halides is 3. The molecule has 1 saturated heterocycles. The number of anilines is 1. The summed E-state index contributed by atoms with van der Waals surface area (Å²) in [6.45, 7) is 5.53. The highest BCUT2D eigenvalue weighted by Gasteiger charge is 2.38. The minimum absolute atomic E-state index is 0.119. The van der Waals surface area contributed by atoms with E-state index >= 15 is 0 Å². The molecule has 158 valence electrons. The summed E-state index contributed by atoms with van der Waals surface area (Å²) >= 11 is 0. The molecule has 1 aliphatic rings. The van der Waals surface area contributed by atoms with Crippen LogP contribution >= 0.6 is 0 Å². The predicted octanol–water partition coefficient (Wildman–Crippen LogP) is 2.72. The largest absolute Gasteiger partial charge is 0.471 e. The van der Waals surface area contributed by atoms with Crippen LogP contribution in [0.3, 0.4) is 0 Å². The van der Waals surface area contributed by atoms with Crippen molar-refractivity contribution < 1.29 is 27.0 Å². The molecular weight excluding hydrogens is 405 g/mol. The number of nitrogens with zero attached hydrogens (tertiary/aromatic N) is 6. The Hall–Kier alpha value is -3.44. The third-order valence-electron chi connectivity index (χ3n) is 4.81. The molecule has 0 N–H and O–H groups in total. The summed E-state index contributed by atoms with van der Waals surface area (Å²) in [6.07, 6.45) is -3.30. The average Bonchev–Trinajstić information content (AvgIpc) is 3.35. The zero-order valence-corrected chi connectivity index (χ0v) is 16.1. The van der Waals surface area contributed by atoms with E-state index in [0.717, 1.165) is 0 Å². The van der Waals surface area contributed by atoms with Gasteiger partial charge in [0, 0.05) is 37.9 Å². The van der Waals surface area contributed by atoms with Crippen molar-refractivity contribution in [2.45, 2.75) is 20.0 Å². The van der Waals surface area contributed by atoms with Crippen molar-refractivity contribution in [3.63, 3.8) is 0 Å². The first kappa shape index (κ1) is 19.9. The van der Waals surface area contributed by atoms with Crippen molar-refractivity contribution in [3.8, 4) is 11.4 Å². The van der Waals surface area contributed by atoms with Gasteiger partial charge in [-0.3, -0.25) is 4.79 Å². The molecule has 0 radical (unpaired) electrons. The van der Waals surface area contributed by atoms with E-state index in [9.17, 15) is 18.0 Å². The van der Waals surface area contributed by atoms with Crippen LogP contribution in [-0.4, -0.2) is 57.3 Å². The highest BCUT2D eigenvalue weighted by molar-refractivity contribution is 5.96. The smallest absolute Gasteiger partial charge is 0.361 e. The van der Waals surface area contributed by atoms with Crippen LogP contribution in [-0.2, 0) is 6.18 Å². The molecule has 4 heterocycles. The van der Waals surface area contributed by atoms with Crippen LogP contribution in [0.1, 0.15) is 27.7 Å². The van der Waals surface area contributed by atoms with Gasteiger partial charge in [0.2, 0.25) is 5.82 Å². The fraction of sp³-hybridized carbons (Fsp3) is 0.389. The molecule has 1 fully saturated rings. The molecule has 0 unspecified atom stereocenters. The molecule has 0 bridgehead atoms. The van der Waals surface area contributed by atoms with Gasteiger partial charge in [0.05, 0.1) is 5.69 Å². The summed E-state index contributed by atoms with van der Waals surface area (Å²) in [4.78, 5) is 24.1. The van der Waals surface area contributed by atoms with E-state index in [-0.39, 0.29) is 11.7 Å². The van der Waals surface area contributed by atoms with E-state index in [1.807, 2.05) is 4.90 Å². The molecule has 9 nitrogen and oxygen atoms in total. The molecule has 3 aromatic heterocycles. The van der Waals surface area contributed by atoms with Crippen LogP contribution in [0, 0.1) is 13.8 Å². The van der Waals surface area contributed by atoms with Gasteiger partial charge in [-0.1, -0.05) is 10.3 Å². The summed E-state index contributed by atoms with van der Waals surface area (Å²) < 4.78 is 47.1. The van der Waals surface area contributed by atoms with Crippen molar-refractivity contribution in [1.29, 1.82) is 0 Å². The normalized spacial score (nSPS) is 15.0. The second-order valence-electron chi connectivity index (χ2n) is 6.80. The lowest BCUT2D eigenvalue weighted by Gasteiger charge is -2.35. The van der Waals surface area contributed by atoms with Gasteiger partial charge in [0.15, 0.2) is 0 Å². The molecule has 1 amide bonds. The highest BCUT2D eigenvalue weighted by atomic mass is 19.4. The fourth-order valence-corrected chi connectivity index (χ4v) is 3.25. The number of aromatic nitrogens is 4. The van der Waals surface area contributed by atoms with Crippen LogP contribution in [0.4, 0.5) is 19.0 Å². The molecule has 3 aromatic rings. The number of carbonyl (C=O) groups excluding carboxylic acids is 1. The number of amides is 1. The third-order valence-corrected chi connectivity index (χ3v) is 4.81. The van der Waals surface area contributed by atoms with Gasteiger partial charge >= 0.3 is 12.1 Å². The number of hydrogen-bond acceptors (Lipinski definition) is 8. The van der Waals surface area contributed by atoms with Gasteiger partial charge in [-0.25, -0.2) is 4.98 Å². The van der Waals surface area contributed by atoms with Crippen molar-refractivity contribution in [3.05, 3.63) is 41.2 Å². The lowest BCUT2D eigenvalue weighted by atomic mass is 10.1. The van der Waals surface area contributed by atoms with Gasteiger partial charge in [-0.15, -0.1) is 0 Å². The first-order valence-corrected chi connectivity index (χ1v) is 9.08. The van der Waals surface area contributed by atoms with Crippen molar-refractivity contribution >= 4 is 11.7 Å². The molecule has 1 aliphatic heterocycles. The Kier molecular flexibility index (Phi) is 4.92. The first-order valence-electron chi connectivity index (χ1n) is 9.08. The molecule has 4 rings (SSSR count).